The highest BCUT2D eigenvalue weighted by Crippen LogP contribution is 2.41. The fraction of sp³-hybridized carbons (Fsp3) is 0.562. The summed E-state index contributed by atoms with van der Waals surface area (Å²) in [5, 5.41) is 0. The molecule has 0 radical (unpaired) electrons. The first-order chi connectivity index (χ1) is 17.6. The predicted octanol–water partition coefficient (Wildman–Crippen LogP) is 5.42. The molecule has 36 heavy (non-hydrogen) atoms. The molecule has 0 spiro atoms. The van der Waals surface area contributed by atoms with Crippen molar-refractivity contribution in [3.8, 4) is 0 Å². The molecule has 0 N–H and O–H groups in total. The lowest BCUT2D eigenvalue weighted by Crippen LogP contribution is -2.27. The minimum atomic E-state index is 0.326. The lowest BCUT2D eigenvalue weighted by Gasteiger charge is -2.25. The highest BCUT2D eigenvalue weighted by Gasteiger charge is 2.28. The summed E-state index contributed by atoms with van der Waals surface area (Å²) in [6, 6.07) is 17.7. The Labute approximate surface area is 217 Å². The summed E-state index contributed by atoms with van der Waals surface area (Å²) in [5.41, 5.74) is 4.96. The van der Waals surface area contributed by atoms with Crippen molar-refractivity contribution in [3.05, 3.63) is 70.8 Å². The standard InChI is InChI=1S/C32H42N2O2/c35-30(23-33-17-3-4-18-33)21-25-9-13-28(14-10-25)32(27-7-1-2-8-27)29-15-11-26(12-16-29)22-31(36)24-34-19-5-6-20-34/h9-16,27,32H,1-8,17-24H2. The Morgan fingerprint density at radius 2 is 1.00 bits per heavy atom. The molecular weight excluding hydrogens is 444 g/mol. The van der Waals surface area contributed by atoms with Crippen molar-refractivity contribution >= 4 is 11.6 Å². The fourth-order valence-corrected chi connectivity index (χ4v) is 6.66. The van der Waals surface area contributed by atoms with E-state index in [9.17, 15) is 9.59 Å². The minimum Gasteiger partial charge on any atom is -0.298 e. The predicted molar refractivity (Wildman–Crippen MR) is 145 cm³/mol. The summed E-state index contributed by atoms with van der Waals surface area (Å²) in [5.74, 6) is 1.70. The summed E-state index contributed by atoms with van der Waals surface area (Å²) in [6.45, 7) is 5.47. The Morgan fingerprint density at radius 1 is 0.611 bits per heavy atom. The number of likely N-dealkylation sites (tertiary alicyclic amines) is 2. The second-order valence-corrected chi connectivity index (χ2v) is 11.4. The minimum absolute atomic E-state index is 0.326. The largest absolute Gasteiger partial charge is 0.298 e. The summed E-state index contributed by atoms with van der Waals surface area (Å²) in [6.07, 6.45) is 11.1. The number of rotatable bonds is 11. The molecule has 5 rings (SSSR count). The van der Waals surface area contributed by atoms with E-state index < -0.39 is 0 Å². The van der Waals surface area contributed by atoms with Crippen LogP contribution in [0, 0.1) is 5.92 Å². The van der Waals surface area contributed by atoms with Gasteiger partial charge in [0.2, 0.25) is 0 Å². The second kappa shape index (κ2) is 12.3. The smallest absolute Gasteiger partial charge is 0.151 e. The van der Waals surface area contributed by atoms with Gasteiger partial charge in [-0.25, -0.2) is 0 Å². The molecule has 2 aromatic carbocycles. The topological polar surface area (TPSA) is 40.6 Å². The molecule has 2 saturated heterocycles. The number of Topliss-reactive ketones (excluding diaryl/α,β-unsaturated/α-hetero) is 2. The van der Waals surface area contributed by atoms with Crippen LogP contribution in [0.3, 0.4) is 0 Å². The van der Waals surface area contributed by atoms with Gasteiger partial charge in [0.1, 0.15) is 0 Å². The van der Waals surface area contributed by atoms with Crippen LogP contribution in [0.5, 0.6) is 0 Å². The number of ketones is 2. The lowest BCUT2D eigenvalue weighted by molar-refractivity contribution is -0.120. The number of benzene rings is 2. The molecule has 0 bridgehead atoms. The molecule has 2 heterocycles. The number of nitrogens with zero attached hydrogens (tertiary/aromatic N) is 2. The molecule has 0 aromatic heterocycles. The zero-order valence-corrected chi connectivity index (χ0v) is 21.8. The van der Waals surface area contributed by atoms with E-state index in [1.54, 1.807) is 0 Å². The second-order valence-electron chi connectivity index (χ2n) is 11.4. The normalized spacial score (nSPS) is 19.5. The maximum absolute atomic E-state index is 12.6. The van der Waals surface area contributed by atoms with Crippen LogP contribution in [0.15, 0.2) is 48.5 Å². The Kier molecular flexibility index (Phi) is 8.66. The van der Waals surface area contributed by atoms with E-state index in [2.05, 4.69) is 58.3 Å². The molecule has 4 heteroatoms. The third-order valence-electron chi connectivity index (χ3n) is 8.55. The number of hydrogen-bond acceptors (Lipinski definition) is 4. The van der Waals surface area contributed by atoms with Gasteiger partial charge in [0, 0.05) is 18.8 Å². The van der Waals surface area contributed by atoms with Gasteiger partial charge in [-0.05, 0) is 92.9 Å². The Balaban J connectivity index is 1.24. The first-order valence-corrected chi connectivity index (χ1v) is 14.3. The molecule has 0 amide bonds. The third kappa shape index (κ3) is 6.72. The molecule has 3 fully saturated rings. The first kappa shape index (κ1) is 25.4. The molecular formula is C32H42N2O2. The van der Waals surface area contributed by atoms with Crippen LogP contribution in [-0.2, 0) is 22.4 Å². The maximum atomic E-state index is 12.6. The monoisotopic (exact) mass is 486 g/mol. The molecule has 0 atom stereocenters. The summed E-state index contributed by atoms with van der Waals surface area (Å²) >= 11 is 0. The third-order valence-corrected chi connectivity index (χ3v) is 8.55. The lowest BCUT2D eigenvalue weighted by atomic mass is 9.79. The Morgan fingerprint density at radius 3 is 1.39 bits per heavy atom. The SMILES string of the molecule is O=C(Cc1ccc(C(c2ccc(CC(=O)CN3CCCC3)cc2)C2CCCC2)cc1)CN1CCCC1. The van der Waals surface area contributed by atoms with Crippen LogP contribution in [0.4, 0.5) is 0 Å². The first-order valence-electron chi connectivity index (χ1n) is 14.3. The van der Waals surface area contributed by atoms with E-state index in [1.807, 2.05) is 0 Å². The Bertz CT molecular complexity index is 920. The van der Waals surface area contributed by atoms with Crippen molar-refractivity contribution < 1.29 is 9.59 Å². The van der Waals surface area contributed by atoms with E-state index >= 15 is 0 Å². The molecule has 2 aliphatic heterocycles. The molecule has 1 saturated carbocycles. The van der Waals surface area contributed by atoms with Crippen LogP contribution in [0.2, 0.25) is 0 Å². The summed E-state index contributed by atoms with van der Waals surface area (Å²) < 4.78 is 0. The van der Waals surface area contributed by atoms with Crippen LogP contribution in [-0.4, -0.2) is 60.6 Å². The molecule has 4 nitrogen and oxygen atoms in total. The Hall–Kier alpha value is -2.30. The van der Waals surface area contributed by atoms with Gasteiger partial charge in [0.05, 0.1) is 13.1 Å². The van der Waals surface area contributed by atoms with E-state index in [1.165, 1.54) is 62.5 Å². The van der Waals surface area contributed by atoms with Gasteiger partial charge in [-0.1, -0.05) is 61.4 Å². The molecule has 192 valence electrons. The van der Waals surface area contributed by atoms with Gasteiger partial charge in [-0.2, -0.15) is 0 Å². The van der Waals surface area contributed by atoms with E-state index in [0.717, 1.165) is 37.3 Å². The average Bonchev–Trinajstić information content (AvgIpc) is 3.66. The van der Waals surface area contributed by atoms with Gasteiger partial charge in [-0.3, -0.25) is 19.4 Å². The van der Waals surface area contributed by atoms with Gasteiger partial charge in [0.25, 0.3) is 0 Å². The number of carbonyl (C=O) groups is 2. The van der Waals surface area contributed by atoms with Crippen molar-refractivity contribution in [1.29, 1.82) is 0 Å². The number of carbonyl (C=O) groups excluding carboxylic acids is 2. The molecule has 3 aliphatic rings. The van der Waals surface area contributed by atoms with Crippen molar-refractivity contribution in [1.82, 2.24) is 9.80 Å². The van der Waals surface area contributed by atoms with E-state index in [4.69, 9.17) is 0 Å². The van der Waals surface area contributed by atoms with Crippen LogP contribution >= 0.6 is 0 Å². The molecule has 0 unspecified atom stereocenters. The highest BCUT2D eigenvalue weighted by molar-refractivity contribution is 5.83. The van der Waals surface area contributed by atoms with Gasteiger partial charge < -0.3 is 0 Å². The average molecular weight is 487 g/mol. The highest BCUT2D eigenvalue weighted by atomic mass is 16.1. The summed E-state index contributed by atoms with van der Waals surface area (Å²) in [4.78, 5) is 29.7. The van der Waals surface area contributed by atoms with Crippen molar-refractivity contribution in [2.45, 2.75) is 70.1 Å². The van der Waals surface area contributed by atoms with Crippen molar-refractivity contribution in [3.63, 3.8) is 0 Å². The van der Waals surface area contributed by atoms with E-state index in [0.29, 0.717) is 49.3 Å². The van der Waals surface area contributed by atoms with Gasteiger partial charge in [-0.15, -0.1) is 0 Å². The van der Waals surface area contributed by atoms with Crippen LogP contribution in [0.25, 0.3) is 0 Å². The molecule has 1 aliphatic carbocycles. The molecule has 2 aromatic rings. The van der Waals surface area contributed by atoms with Gasteiger partial charge >= 0.3 is 0 Å². The summed E-state index contributed by atoms with van der Waals surface area (Å²) in [7, 11) is 0. The quantitative estimate of drug-likeness (QED) is 0.425. The van der Waals surface area contributed by atoms with Crippen LogP contribution < -0.4 is 0 Å². The number of hydrogen-bond donors (Lipinski definition) is 0. The fourth-order valence-electron chi connectivity index (χ4n) is 6.66. The van der Waals surface area contributed by atoms with Crippen molar-refractivity contribution in [2.75, 3.05) is 39.3 Å². The van der Waals surface area contributed by atoms with Crippen LogP contribution in [0.1, 0.15) is 79.5 Å². The van der Waals surface area contributed by atoms with Gasteiger partial charge in [0.15, 0.2) is 11.6 Å². The van der Waals surface area contributed by atoms with E-state index in [-0.39, 0.29) is 0 Å². The zero-order chi connectivity index (χ0) is 24.7. The van der Waals surface area contributed by atoms with Crippen molar-refractivity contribution in [2.24, 2.45) is 5.92 Å². The zero-order valence-electron chi connectivity index (χ0n) is 21.8. The maximum Gasteiger partial charge on any atom is 0.151 e.